The molecule has 96 valence electrons. The van der Waals surface area contributed by atoms with Crippen molar-refractivity contribution in [1.82, 2.24) is 9.55 Å². The highest BCUT2D eigenvalue weighted by atomic mass is 16.1. The molecule has 0 aliphatic rings. The van der Waals surface area contributed by atoms with Gasteiger partial charge in [-0.1, -0.05) is 33.6 Å². The standard InChI is InChI=1S/C14H24N2O/c1-4-7-8-12(6-3)13(17)14-15-9-11-16(14)10-5-2/h9,11-12H,4-8,10H2,1-3H3. The van der Waals surface area contributed by atoms with Crippen LogP contribution in [0, 0.1) is 5.92 Å². The molecule has 1 aromatic rings. The molecule has 1 atom stereocenters. The van der Waals surface area contributed by atoms with E-state index >= 15 is 0 Å². The lowest BCUT2D eigenvalue weighted by Gasteiger charge is -2.13. The number of hydrogen-bond acceptors (Lipinski definition) is 2. The number of aromatic nitrogens is 2. The fraction of sp³-hybridized carbons (Fsp3) is 0.714. The summed E-state index contributed by atoms with van der Waals surface area (Å²) in [5, 5.41) is 0. The molecule has 0 aliphatic carbocycles. The Kier molecular flexibility index (Phi) is 5.95. The number of hydrogen-bond donors (Lipinski definition) is 0. The number of rotatable bonds is 8. The second-order valence-corrected chi connectivity index (χ2v) is 4.56. The summed E-state index contributed by atoms with van der Waals surface area (Å²) in [5.74, 6) is 1.02. The van der Waals surface area contributed by atoms with Crippen LogP contribution in [0.1, 0.15) is 63.5 Å². The topological polar surface area (TPSA) is 34.9 Å². The Morgan fingerprint density at radius 3 is 2.71 bits per heavy atom. The smallest absolute Gasteiger partial charge is 0.201 e. The zero-order valence-corrected chi connectivity index (χ0v) is 11.3. The van der Waals surface area contributed by atoms with Gasteiger partial charge in [-0.05, 0) is 19.3 Å². The molecule has 0 saturated carbocycles. The Balaban J connectivity index is 2.74. The molecule has 0 radical (unpaired) electrons. The molecule has 0 fully saturated rings. The second kappa shape index (κ2) is 7.25. The first-order valence-electron chi connectivity index (χ1n) is 6.79. The van der Waals surface area contributed by atoms with Crippen molar-refractivity contribution in [2.45, 2.75) is 59.4 Å². The molecule has 0 aromatic carbocycles. The third-order valence-corrected chi connectivity index (χ3v) is 3.17. The maximum atomic E-state index is 12.4. The third kappa shape index (κ3) is 3.69. The summed E-state index contributed by atoms with van der Waals surface area (Å²) >= 11 is 0. The lowest BCUT2D eigenvalue weighted by molar-refractivity contribution is 0.0892. The van der Waals surface area contributed by atoms with Crippen LogP contribution in [-0.4, -0.2) is 15.3 Å². The highest BCUT2D eigenvalue weighted by molar-refractivity contribution is 5.94. The third-order valence-electron chi connectivity index (χ3n) is 3.17. The highest BCUT2D eigenvalue weighted by Crippen LogP contribution is 2.18. The van der Waals surface area contributed by atoms with Crippen LogP contribution in [0.5, 0.6) is 0 Å². The van der Waals surface area contributed by atoms with E-state index in [1.807, 2.05) is 10.8 Å². The van der Waals surface area contributed by atoms with E-state index in [9.17, 15) is 4.79 Å². The first-order chi connectivity index (χ1) is 8.24. The van der Waals surface area contributed by atoms with E-state index in [1.165, 1.54) is 0 Å². The van der Waals surface area contributed by atoms with E-state index in [2.05, 4.69) is 25.8 Å². The average molecular weight is 236 g/mol. The zero-order valence-electron chi connectivity index (χ0n) is 11.3. The van der Waals surface area contributed by atoms with Gasteiger partial charge < -0.3 is 4.57 Å². The van der Waals surface area contributed by atoms with Gasteiger partial charge in [0.05, 0.1) is 0 Å². The first-order valence-corrected chi connectivity index (χ1v) is 6.79. The fourth-order valence-electron chi connectivity index (χ4n) is 2.11. The quantitative estimate of drug-likeness (QED) is 0.645. The average Bonchev–Trinajstić information content (AvgIpc) is 2.78. The monoisotopic (exact) mass is 236 g/mol. The summed E-state index contributed by atoms with van der Waals surface area (Å²) in [6.45, 7) is 7.24. The molecule has 17 heavy (non-hydrogen) atoms. The van der Waals surface area contributed by atoms with Crippen molar-refractivity contribution < 1.29 is 4.79 Å². The Hall–Kier alpha value is -1.12. The van der Waals surface area contributed by atoms with Gasteiger partial charge in [0, 0.05) is 24.9 Å². The van der Waals surface area contributed by atoms with Crippen molar-refractivity contribution in [2.75, 3.05) is 0 Å². The Morgan fingerprint density at radius 1 is 1.35 bits per heavy atom. The normalized spacial score (nSPS) is 12.6. The number of unbranched alkanes of at least 4 members (excludes halogenated alkanes) is 1. The first kappa shape index (κ1) is 13.9. The van der Waals surface area contributed by atoms with Crippen molar-refractivity contribution in [1.29, 1.82) is 0 Å². The van der Waals surface area contributed by atoms with Gasteiger partial charge in [0.25, 0.3) is 0 Å². The number of aryl methyl sites for hydroxylation is 1. The summed E-state index contributed by atoms with van der Waals surface area (Å²) < 4.78 is 1.98. The minimum Gasteiger partial charge on any atom is -0.329 e. The molecular formula is C14H24N2O. The van der Waals surface area contributed by atoms with E-state index < -0.39 is 0 Å². The molecule has 1 unspecified atom stereocenters. The van der Waals surface area contributed by atoms with E-state index in [0.29, 0.717) is 5.82 Å². The van der Waals surface area contributed by atoms with Crippen molar-refractivity contribution in [3.63, 3.8) is 0 Å². The van der Waals surface area contributed by atoms with E-state index in [-0.39, 0.29) is 11.7 Å². The van der Waals surface area contributed by atoms with Crippen LogP contribution in [0.3, 0.4) is 0 Å². The van der Waals surface area contributed by atoms with Crippen LogP contribution in [-0.2, 0) is 6.54 Å². The lowest BCUT2D eigenvalue weighted by Crippen LogP contribution is -2.19. The largest absolute Gasteiger partial charge is 0.329 e. The molecule has 3 heteroatoms. The van der Waals surface area contributed by atoms with Crippen molar-refractivity contribution in [2.24, 2.45) is 5.92 Å². The maximum Gasteiger partial charge on any atom is 0.201 e. The number of ketones is 1. The number of Topliss-reactive ketones (excluding diaryl/α,β-unsaturated/α-hetero) is 1. The minimum atomic E-state index is 0.146. The Bertz CT molecular complexity index is 344. The van der Waals surface area contributed by atoms with Crippen molar-refractivity contribution in [3.8, 4) is 0 Å². The van der Waals surface area contributed by atoms with Gasteiger partial charge in [-0.2, -0.15) is 0 Å². The van der Waals surface area contributed by atoms with Crippen molar-refractivity contribution in [3.05, 3.63) is 18.2 Å². The Labute approximate surface area is 104 Å². The molecule has 3 nitrogen and oxygen atoms in total. The SMILES string of the molecule is CCCCC(CC)C(=O)c1nccn1CCC. The highest BCUT2D eigenvalue weighted by Gasteiger charge is 2.21. The van der Waals surface area contributed by atoms with Gasteiger partial charge in [0.1, 0.15) is 0 Å². The predicted molar refractivity (Wildman–Crippen MR) is 70.2 cm³/mol. The van der Waals surface area contributed by atoms with E-state index in [0.717, 1.165) is 38.6 Å². The van der Waals surface area contributed by atoms with Gasteiger partial charge in [-0.15, -0.1) is 0 Å². The second-order valence-electron chi connectivity index (χ2n) is 4.56. The zero-order chi connectivity index (χ0) is 12.7. The molecular weight excluding hydrogens is 212 g/mol. The van der Waals surface area contributed by atoms with Crippen LogP contribution >= 0.6 is 0 Å². The number of carbonyl (C=O) groups is 1. The molecule has 0 amide bonds. The lowest BCUT2D eigenvalue weighted by atomic mass is 9.94. The van der Waals surface area contributed by atoms with Crippen molar-refractivity contribution >= 4 is 5.78 Å². The molecule has 0 bridgehead atoms. The number of nitrogens with zero attached hydrogens (tertiary/aromatic N) is 2. The van der Waals surface area contributed by atoms with Crippen LogP contribution in [0.2, 0.25) is 0 Å². The summed E-state index contributed by atoms with van der Waals surface area (Å²) in [6, 6.07) is 0. The number of carbonyl (C=O) groups excluding carboxylic acids is 1. The minimum absolute atomic E-state index is 0.146. The molecule has 0 saturated heterocycles. The van der Waals surface area contributed by atoms with Gasteiger partial charge in [-0.25, -0.2) is 4.98 Å². The van der Waals surface area contributed by atoms with Crippen LogP contribution in [0.4, 0.5) is 0 Å². The van der Waals surface area contributed by atoms with Crippen LogP contribution in [0.25, 0.3) is 0 Å². The van der Waals surface area contributed by atoms with E-state index in [1.54, 1.807) is 6.20 Å². The molecule has 1 aromatic heterocycles. The predicted octanol–water partition coefficient (Wildman–Crippen LogP) is 3.69. The summed E-state index contributed by atoms with van der Waals surface area (Å²) in [4.78, 5) is 16.6. The molecule has 1 heterocycles. The van der Waals surface area contributed by atoms with Gasteiger partial charge in [0.2, 0.25) is 5.78 Å². The van der Waals surface area contributed by atoms with Crippen LogP contribution in [0.15, 0.2) is 12.4 Å². The number of imidazole rings is 1. The van der Waals surface area contributed by atoms with Crippen LogP contribution < -0.4 is 0 Å². The Morgan fingerprint density at radius 2 is 2.12 bits per heavy atom. The van der Waals surface area contributed by atoms with E-state index in [4.69, 9.17) is 0 Å². The molecule has 0 N–H and O–H groups in total. The summed E-state index contributed by atoms with van der Waals surface area (Å²) in [7, 11) is 0. The van der Waals surface area contributed by atoms with Gasteiger partial charge in [0.15, 0.2) is 5.82 Å². The molecule has 1 rings (SSSR count). The summed E-state index contributed by atoms with van der Waals surface area (Å²) in [6.07, 6.45) is 8.84. The van der Waals surface area contributed by atoms with Gasteiger partial charge >= 0.3 is 0 Å². The fourth-order valence-corrected chi connectivity index (χ4v) is 2.11. The molecule has 0 aliphatic heterocycles. The van der Waals surface area contributed by atoms with Gasteiger partial charge in [-0.3, -0.25) is 4.79 Å². The maximum absolute atomic E-state index is 12.4. The summed E-state index contributed by atoms with van der Waals surface area (Å²) in [5.41, 5.74) is 0. The molecule has 0 spiro atoms.